The Kier molecular flexibility index (Phi) is 4.82. The lowest BCUT2D eigenvalue weighted by molar-refractivity contribution is -0.137. The molecule has 1 unspecified atom stereocenters. The number of halogens is 3. The first-order chi connectivity index (χ1) is 8.38. The van der Waals surface area contributed by atoms with Crippen molar-refractivity contribution in [1.82, 2.24) is 0 Å². The van der Waals surface area contributed by atoms with Crippen molar-refractivity contribution in [2.24, 2.45) is 5.92 Å². The maximum Gasteiger partial charge on any atom is 0.416 e. The van der Waals surface area contributed by atoms with Gasteiger partial charge in [0.1, 0.15) is 5.75 Å². The molecule has 0 saturated carbocycles. The van der Waals surface area contributed by atoms with Crippen LogP contribution in [0.2, 0.25) is 0 Å². The van der Waals surface area contributed by atoms with Gasteiger partial charge in [-0.25, -0.2) is 0 Å². The third kappa shape index (κ3) is 3.79. The first kappa shape index (κ1) is 14.6. The fourth-order valence-corrected chi connectivity index (χ4v) is 1.64. The zero-order chi connectivity index (χ0) is 13.8. The van der Waals surface area contributed by atoms with Crippen molar-refractivity contribution in [1.29, 1.82) is 0 Å². The summed E-state index contributed by atoms with van der Waals surface area (Å²) in [6.07, 6.45) is -2.12. The number of ether oxygens (including phenoxy) is 1. The lowest BCUT2D eigenvalue weighted by Crippen LogP contribution is -2.08. The first-order valence-corrected chi connectivity index (χ1v) is 5.84. The highest BCUT2D eigenvalue weighted by Gasteiger charge is 2.31. The van der Waals surface area contributed by atoms with E-state index in [0.29, 0.717) is 24.3 Å². The Labute approximate surface area is 105 Å². The maximum absolute atomic E-state index is 12.6. The van der Waals surface area contributed by atoms with Gasteiger partial charge in [-0.15, -0.1) is 6.58 Å². The molecule has 1 nitrogen and oxygen atoms in total. The highest BCUT2D eigenvalue weighted by molar-refractivity contribution is 5.39. The molecule has 4 heteroatoms. The van der Waals surface area contributed by atoms with E-state index in [1.807, 2.05) is 6.92 Å². The van der Waals surface area contributed by atoms with E-state index in [1.54, 1.807) is 13.0 Å². The van der Waals surface area contributed by atoms with Crippen LogP contribution < -0.4 is 4.74 Å². The summed E-state index contributed by atoms with van der Waals surface area (Å²) in [4.78, 5) is 0. The second-order valence-corrected chi connectivity index (χ2v) is 4.17. The van der Waals surface area contributed by atoms with Crippen molar-refractivity contribution >= 4 is 0 Å². The molecule has 0 heterocycles. The van der Waals surface area contributed by atoms with Crippen molar-refractivity contribution in [3.8, 4) is 5.75 Å². The predicted octanol–water partition coefficient (Wildman–Crippen LogP) is 4.47. The topological polar surface area (TPSA) is 9.23 Å². The molecule has 0 aliphatic rings. The zero-order valence-corrected chi connectivity index (χ0v) is 10.6. The van der Waals surface area contributed by atoms with Gasteiger partial charge >= 0.3 is 6.18 Å². The Balaban J connectivity index is 3.11. The summed E-state index contributed by atoms with van der Waals surface area (Å²) in [5, 5.41) is 0. The van der Waals surface area contributed by atoms with Crippen LogP contribution >= 0.6 is 0 Å². The summed E-state index contributed by atoms with van der Waals surface area (Å²) in [5.41, 5.74) is -0.0729. The van der Waals surface area contributed by atoms with Gasteiger partial charge in [-0.1, -0.05) is 13.0 Å². The highest BCUT2D eigenvalue weighted by Crippen LogP contribution is 2.33. The molecule has 1 rings (SSSR count). The second kappa shape index (κ2) is 5.94. The molecule has 0 aliphatic carbocycles. The lowest BCUT2D eigenvalue weighted by atomic mass is 9.98. The van der Waals surface area contributed by atoms with Crippen LogP contribution in [0.25, 0.3) is 0 Å². The summed E-state index contributed by atoms with van der Waals surface area (Å²) < 4.78 is 43.3. The van der Waals surface area contributed by atoms with Crippen molar-refractivity contribution < 1.29 is 17.9 Å². The molecule has 18 heavy (non-hydrogen) atoms. The molecule has 0 bridgehead atoms. The minimum absolute atomic E-state index is 0.104. The molecule has 0 spiro atoms. The molecule has 0 fully saturated rings. The van der Waals surface area contributed by atoms with E-state index in [-0.39, 0.29) is 5.92 Å². The van der Waals surface area contributed by atoms with Crippen LogP contribution in [0.5, 0.6) is 5.75 Å². The minimum Gasteiger partial charge on any atom is -0.494 e. The Morgan fingerprint density at radius 1 is 1.39 bits per heavy atom. The lowest BCUT2D eigenvalue weighted by Gasteiger charge is -2.15. The number of alkyl halides is 3. The van der Waals surface area contributed by atoms with Gasteiger partial charge in [-0.2, -0.15) is 13.2 Å². The van der Waals surface area contributed by atoms with Gasteiger partial charge in [-0.05, 0) is 43.0 Å². The van der Waals surface area contributed by atoms with Gasteiger partial charge in [0.15, 0.2) is 0 Å². The molecule has 0 amide bonds. The van der Waals surface area contributed by atoms with Gasteiger partial charge in [0.05, 0.1) is 12.2 Å². The summed E-state index contributed by atoms with van der Waals surface area (Å²) in [6.45, 7) is 7.78. The van der Waals surface area contributed by atoms with Crippen molar-refractivity contribution in [2.75, 3.05) is 6.61 Å². The minimum atomic E-state index is -4.32. The molecule has 0 radical (unpaired) electrons. The molecular weight excluding hydrogens is 241 g/mol. The standard InChI is InChI=1S/C14H17F3O/c1-4-10(3)8-11-9-12(14(15,16)17)6-7-13(11)18-5-2/h4,6-7,9-10H,1,5,8H2,2-3H3. The van der Waals surface area contributed by atoms with Gasteiger partial charge < -0.3 is 4.74 Å². The third-order valence-electron chi connectivity index (χ3n) is 2.63. The molecule has 1 atom stereocenters. The summed E-state index contributed by atoms with van der Waals surface area (Å²) >= 11 is 0. The highest BCUT2D eigenvalue weighted by atomic mass is 19.4. The Bertz CT molecular complexity index is 410. The number of allylic oxidation sites excluding steroid dienone is 1. The Hall–Kier alpha value is -1.45. The van der Waals surface area contributed by atoms with E-state index >= 15 is 0 Å². The monoisotopic (exact) mass is 258 g/mol. The molecule has 0 N–H and O–H groups in total. The first-order valence-electron chi connectivity index (χ1n) is 5.84. The number of hydrogen-bond donors (Lipinski definition) is 0. The second-order valence-electron chi connectivity index (χ2n) is 4.17. The van der Waals surface area contributed by atoms with Gasteiger partial charge in [0, 0.05) is 0 Å². The predicted molar refractivity (Wildman–Crippen MR) is 65.7 cm³/mol. The summed E-state index contributed by atoms with van der Waals surface area (Å²) in [5.74, 6) is 0.617. The molecular formula is C14H17F3O. The average molecular weight is 258 g/mol. The maximum atomic E-state index is 12.6. The fourth-order valence-electron chi connectivity index (χ4n) is 1.64. The molecule has 0 saturated heterocycles. The third-order valence-corrected chi connectivity index (χ3v) is 2.63. The summed E-state index contributed by atoms with van der Waals surface area (Å²) in [6, 6.07) is 3.59. The van der Waals surface area contributed by atoms with E-state index in [9.17, 15) is 13.2 Å². The van der Waals surface area contributed by atoms with E-state index in [1.165, 1.54) is 6.07 Å². The normalized spacial score (nSPS) is 13.2. The summed E-state index contributed by atoms with van der Waals surface area (Å²) in [7, 11) is 0. The van der Waals surface area contributed by atoms with E-state index in [0.717, 1.165) is 12.1 Å². The Morgan fingerprint density at radius 2 is 2.06 bits per heavy atom. The fraction of sp³-hybridized carbons (Fsp3) is 0.429. The van der Waals surface area contributed by atoms with Crippen LogP contribution in [0.1, 0.15) is 25.0 Å². The van der Waals surface area contributed by atoms with E-state index < -0.39 is 11.7 Å². The molecule has 100 valence electrons. The number of hydrogen-bond acceptors (Lipinski definition) is 1. The van der Waals surface area contributed by atoms with Crippen LogP contribution in [-0.2, 0) is 12.6 Å². The van der Waals surface area contributed by atoms with Crippen LogP contribution in [0.4, 0.5) is 13.2 Å². The average Bonchev–Trinajstić information content (AvgIpc) is 2.30. The van der Waals surface area contributed by atoms with Gasteiger partial charge in [0.25, 0.3) is 0 Å². The van der Waals surface area contributed by atoms with E-state index in [2.05, 4.69) is 6.58 Å². The van der Waals surface area contributed by atoms with E-state index in [4.69, 9.17) is 4.74 Å². The molecule has 0 aromatic heterocycles. The van der Waals surface area contributed by atoms with Crippen LogP contribution in [0, 0.1) is 5.92 Å². The van der Waals surface area contributed by atoms with Crippen molar-refractivity contribution in [3.05, 3.63) is 42.0 Å². The zero-order valence-electron chi connectivity index (χ0n) is 10.6. The molecule has 0 aliphatic heterocycles. The quantitative estimate of drug-likeness (QED) is 0.708. The van der Waals surface area contributed by atoms with Gasteiger partial charge in [0.2, 0.25) is 0 Å². The smallest absolute Gasteiger partial charge is 0.416 e. The van der Waals surface area contributed by atoms with Crippen LogP contribution in [0.15, 0.2) is 30.9 Å². The molecule has 1 aromatic rings. The van der Waals surface area contributed by atoms with Gasteiger partial charge in [-0.3, -0.25) is 0 Å². The van der Waals surface area contributed by atoms with Crippen molar-refractivity contribution in [2.45, 2.75) is 26.4 Å². The van der Waals surface area contributed by atoms with Crippen LogP contribution in [-0.4, -0.2) is 6.61 Å². The Morgan fingerprint density at radius 3 is 2.56 bits per heavy atom. The van der Waals surface area contributed by atoms with Crippen LogP contribution in [0.3, 0.4) is 0 Å². The molecule has 1 aromatic carbocycles. The largest absolute Gasteiger partial charge is 0.494 e. The SMILES string of the molecule is C=CC(C)Cc1cc(C(F)(F)F)ccc1OCC. The van der Waals surface area contributed by atoms with Crippen molar-refractivity contribution in [3.63, 3.8) is 0 Å². The number of benzene rings is 1. The number of rotatable bonds is 5.